The Balaban J connectivity index is 1.86. The van der Waals surface area contributed by atoms with Gasteiger partial charge in [-0.05, 0) is 40.9 Å². The Labute approximate surface area is 136 Å². The Hall–Kier alpha value is -2.09. The van der Waals surface area contributed by atoms with Crippen molar-refractivity contribution in [3.8, 4) is 0 Å². The molecule has 3 aliphatic heterocycles. The van der Waals surface area contributed by atoms with Crippen LogP contribution in [0, 0.1) is 0 Å². The van der Waals surface area contributed by atoms with Crippen LogP contribution in [0.15, 0.2) is 16.4 Å². The molecule has 0 saturated carbocycles. The Kier molecular flexibility index (Phi) is 3.79. The van der Waals surface area contributed by atoms with Crippen molar-refractivity contribution in [1.82, 2.24) is 24.9 Å². The molecule has 2 unspecified atom stereocenters. The maximum Gasteiger partial charge on any atom is 0.325 e. The molecule has 3 rings (SSSR count). The molecule has 8 nitrogen and oxygen atoms in total. The Morgan fingerprint density at radius 3 is 2.57 bits per heavy atom. The summed E-state index contributed by atoms with van der Waals surface area (Å²) in [6.45, 7) is 5.89. The van der Waals surface area contributed by atoms with Crippen LogP contribution >= 0.6 is 0 Å². The second kappa shape index (κ2) is 5.52. The van der Waals surface area contributed by atoms with Crippen molar-refractivity contribution in [2.24, 2.45) is 4.99 Å². The summed E-state index contributed by atoms with van der Waals surface area (Å²) in [6.07, 6.45) is 0.548. The largest absolute Gasteiger partial charge is 0.325 e. The van der Waals surface area contributed by atoms with Crippen molar-refractivity contribution < 1.29 is 9.59 Å². The lowest BCUT2D eigenvalue weighted by Gasteiger charge is -2.35. The number of guanidine groups is 1. The van der Waals surface area contributed by atoms with Gasteiger partial charge in [0.25, 0.3) is 5.91 Å². The molecule has 2 atom stereocenters. The minimum Gasteiger partial charge on any atom is -0.314 e. The second-order valence-electron chi connectivity index (χ2n) is 6.54. The fraction of sp³-hybridized carbons (Fsp3) is 0.667. The molecule has 3 amide bonds. The van der Waals surface area contributed by atoms with Crippen LogP contribution in [-0.2, 0) is 4.79 Å². The number of carbonyl (C=O) groups is 2. The minimum absolute atomic E-state index is 0.279. The number of aliphatic imine (C=N–C) groups is 1. The Morgan fingerprint density at radius 2 is 1.91 bits per heavy atom. The smallest absolute Gasteiger partial charge is 0.314 e. The van der Waals surface area contributed by atoms with Gasteiger partial charge in [-0.2, -0.15) is 0 Å². The van der Waals surface area contributed by atoms with Crippen molar-refractivity contribution >= 4 is 17.9 Å². The molecule has 0 aromatic carbocycles. The van der Waals surface area contributed by atoms with E-state index in [1.165, 1.54) is 4.90 Å². The Morgan fingerprint density at radius 1 is 1.22 bits per heavy atom. The highest BCUT2D eigenvalue weighted by atomic mass is 16.2. The van der Waals surface area contributed by atoms with E-state index in [4.69, 9.17) is 4.99 Å². The molecule has 3 heterocycles. The molecule has 1 saturated heterocycles. The highest BCUT2D eigenvalue weighted by Crippen LogP contribution is 2.35. The number of rotatable bonds is 4. The third-order valence-electron chi connectivity index (χ3n) is 4.76. The zero-order valence-electron chi connectivity index (χ0n) is 14.3. The van der Waals surface area contributed by atoms with Crippen LogP contribution in [0.25, 0.3) is 0 Å². The van der Waals surface area contributed by atoms with Crippen LogP contribution in [-0.4, -0.2) is 83.9 Å². The molecule has 0 aromatic heterocycles. The standard InChI is InChI=1S/C15H24N6O2/c1-9-10(2)21-11-12(19(5)15(23)17-13(11)22)16-14(21)20(9)8-6-7-18(3)4/h11-12H,6-8H2,1-5H3,(H,17,22,23). The lowest BCUT2D eigenvalue weighted by Crippen LogP contribution is -2.63. The van der Waals surface area contributed by atoms with Gasteiger partial charge in [0.2, 0.25) is 5.96 Å². The number of allylic oxidation sites excluding steroid dienone is 2. The molecule has 8 heteroatoms. The first-order chi connectivity index (χ1) is 10.8. The number of likely N-dealkylation sites (N-methyl/N-ethyl adjacent to an activating group) is 1. The molecule has 126 valence electrons. The normalized spacial score (nSPS) is 26.9. The fourth-order valence-electron chi connectivity index (χ4n) is 3.34. The van der Waals surface area contributed by atoms with E-state index in [0.717, 1.165) is 36.9 Å². The summed E-state index contributed by atoms with van der Waals surface area (Å²) in [7, 11) is 5.78. The number of urea groups is 1. The van der Waals surface area contributed by atoms with Crippen molar-refractivity contribution in [2.75, 3.05) is 34.2 Å². The quantitative estimate of drug-likeness (QED) is 0.793. The van der Waals surface area contributed by atoms with E-state index in [-0.39, 0.29) is 11.9 Å². The summed E-state index contributed by atoms with van der Waals surface area (Å²) in [5.74, 6) is 0.504. The predicted molar refractivity (Wildman–Crippen MR) is 86.4 cm³/mol. The zero-order valence-corrected chi connectivity index (χ0v) is 14.3. The van der Waals surface area contributed by atoms with E-state index < -0.39 is 12.2 Å². The molecule has 0 aromatic rings. The summed E-state index contributed by atoms with van der Waals surface area (Å²) in [6, 6.07) is -0.860. The van der Waals surface area contributed by atoms with E-state index in [1.807, 2.05) is 11.8 Å². The molecule has 0 radical (unpaired) electrons. The first kappa shape index (κ1) is 15.8. The van der Waals surface area contributed by atoms with E-state index >= 15 is 0 Å². The lowest BCUT2D eigenvalue weighted by molar-refractivity contribution is -0.126. The number of hydrogen-bond donors (Lipinski definition) is 1. The van der Waals surface area contributed by atoms with Crippen LogP contribution in [0.1, 0.15) is 20.3 Å². The number of imide groups is 1. The van der Waals surface area contributed by atoms with Crippen molar-refractivity contribution in [1.29, 1.82) is 0 Å². The van der Waals surface area contributed by atoms with Crippen LogP contribution in [0.4, 0.5) is 4.79 Å². The second-order valence-corrected chi connectivity index (χ2v) is 6.54. The van der Waals surface area contributed by atoms with Gasteiger partial charge < -0.3 is 14.7 Å². The number of amides is 3. The molecule has 0 spiro atoms. The minimum atomic E-state index is -0.471. The number of carbonyl (C=O) groups excluding carboxylic acids is 2. The van der Waals surface area contributed by atoms with Crippen LogP contribution in [0.2, 0.25) is 0 Å². The number of nitrogens with one attached hydrogen (secondary N) is 1. The van der Waals surface area contributed by atoms with E-state index in [9.17, 15) is 9.59 Å². The summed E-state index contributed by atoms with van der Waals surface area (Å²) in [5, 5.41) is 2.41. The van der Waals surface area contributed by atoms with Gasteiger partial charge >= 0.3 is 6.03 Å². The molecule has 3 aliphatic rings. The predicted octanol–water partition coefficient (Wildman–Crippen LogP) is 0.0530. The van der Waals surface area contributed by atoms with Gasteiger partial charge in [0.15, 0.2) is 12.2 Å². The average Bonchev–Trinajstić information content (AvgIpc) is 2.97. The monoisotopic (exact) mass is 320 g/mol. The van der Waals surface area contributed by atoms with E-state index in [2.05, 4.69) is 36.1 Å². The first-order valence-corrected chi connectivity index (χ1v) is 7.87. The fourth-order valence-corrected chi connectivity index (χ4v) is 3.34. The molecule has 1 N–H and O–H groups in total. The molecule has 23 heavy (non-hydrogen) atoms. The van der Waals surface area contributed by atoms with Gasteiger partial charge in [-0.25, -0.2) is 9.79 Å². The summed E-state index contributed by atoms with van der Waals surface area (Å²) >= 11 is 0. The third kappa shape index (κ3) is 2.37. The van der Waals surface area contributed by atoms with Gasteiger partial charge in [-0.3, -0.25) is 15.0 Å². The van der Waals surface area contributed by atoms with Crippen LogP contribution in [0.3, 0.4) is 0 Å². The molecular weight excluding hydrogens is 296 g/mol. The van der Waals surface area contributed by atoms with Crippen molar-refractivity contribution in [3.05, 3.63) is 11.4 Å². The number of hydrogen-bond acceptors (Lipinski definition) is 6. The first-order valence-electron chi connectivity index (χ1n) is 7.87. The molecule has 0 bridgehead atoms. The molecule has 0 aliphatic carbocycles. The maximum atomic E-state index is 12.3. The summed E-state index contributed by atoms with van der Waals surface area (Å²) in [5.41, 5.74) is 2.15. The highest BCUT2D eigenvalue weighted by molar-refractivity contribution is 6.05. The summed E-state index contributed by atoms with van der Waals surface area (Å²) in [4.78, 5) is 36.6. The van der Waals surface area contributed by atoms with Gasteiger partial charge in [0.05, 0.1) is 0 Å². The zero-order chi connectivity index (χ0) is 16.9. The van der Waals surface area contributed by atoms with Gasteiger partial charge in [-0.15, -0.1) is 0 Å². The van der Waals surface area contributed by atoms with Gasteiger partial charge in [0, 0.05) is 25.0 Å². The maximum absolute atomic E-state index is 12.3. The lowest BCUT2D eigenvalue weighted by atomic mass is 10.1. The van der Waals surface area contributed by atoms with E-state index in [1.54, 1.807) is 7.05 Å². The average molecular weight is 320 g/mol. The van der Waals surface area contributed by atoms with Crippen molar-refractivity contribution in [3.63, 3.8) is 0 Å². The summed E-state index contributed by atoms with van der Waals surface area (Å²) < 4.78 is 0. The number of nitrogens with zero attached hydrogens (tertiary/aromatic N) is 5. The highest BCUT2D eigenvalue weighted by Gasteiger charge is 2.52. The van der Waals surface area contributed by atoms with Gasteiger partial charge in [0.1, 0.15) is 0 Å². The SMILES string of the molecule is CC1=C(C)N2C(=NC3C2C(=O)NC(=O)N3C)N1CCCN(C)C. The van der Waals surface area contributed by atoms with Crippen LogP contribution < -0.4 is 5.32 Å². The van der Waals surface area contributed by atoms with Crippen LogP contribution in [0.5, 0.6) is 0 Å². The Bertz CT molecular complexity index is 611. The third-order valence-corrected chi connectivity index (χ3v) is 4.76. The molecule has 1 fully saturated rings. The van der Waals surface area contributed by atoms with E-state index in [0.29, 0.717) is 0 Å². The van der Waals surface area contributed by atoms with Gasteiger partial charge in [-0.1, -0.05) is 0 Å². The number of fused-ring (bicyclic) bond motifs is 3. The van der Waals surface area contributed by atoms with Crippen molar-refractivity contribution in [2.45, 2.75) is 32.5 Å². The molecular formula is C15H24N6O2. The topological polar surface area (TPSA) is 71.5 Å².